The number of morpholine rings is 1. The number of pyridine rings is 2. The number of aryl methyl sites for hydroxylation is 1. The van der Waals surface area contributed by atoms with Crippen LogP contribution < -0.4 is 10.2 Å². The summed E-state index contributed by atoms with van der Waals surface area (Å²) in [6, 6.07) is 9.55. The maximum Gasteiger partial charge on any atom is 0.275 e. The highest BCUT2D eigenvalue weighted by Crippen LogP contribution is 2.16. The van der Waals surface area contributed by atoms with Crippen LogP contribution in [0.1, 0.15) is 16.2 Å². The van der Waals surface area contributed by atoms with Crippen molar-refractivity contribution in [2.75, 3.05) is 36.5 Å². The highest BCUT2D eigenvalue weighted by molar-refractivity contribution is 6.03. The molecule has 7 heteroatoms. The normalized spacial score (nSPS) is 14.7. The van der Waals surface area contributed by atoms with Gasteiger partial charge in [-0.3, -0.25) is 4.79 Å². The van der Waals surface area contributed by atoms with Crippen LogP contribution in [-0.4, -0.2) is 46.6 Å². The second-order valence-electron chi connectivity index (χ2n) is 5.98. The van der Waals surface area contributed by atoms with E-state index >= 15 is 0 Å². The van der Waals surface area contributed by atoms with Crippen molar-refractivity contribution in [1.82, 2.24) is 14.4 Å². The van der Waals surface area contributed by atoms with E-state index in [0.29, 0.717) is 24.6 Å². The Labute approximate surface area is 145 Å². The molecule has 0 radical (unpaired) electrons. The zero-order valence-electron chi connectivity index (χ0n) is 14.0. The van der Waals surface area contributed by atoms with Gasteiger partial charge in [0, 0.05) is 25.0 Å². The van der Waals surface area contributed by atoms with E-state index in [1.54, 1.807) is 12.4 Å². The highest BCUT2D eigenvalue weighted by Gasteiger charge is 2.14. The van der Waals surface area contributed by atoms with Crippen molar-refractivity contribution in [3.05, 3.63) is 54.1 Å². The van der Waals surface area contributed by atoms with E-state index in [1.165, 1.54) is 0 Å². The number of amides is 1. The average Bonchev–Trinajstić information content (AvgIpc) is 3.09. The van der Waals surface area contributed by atoms with E-state index in [1.807, 2.05) is 41.7 Å². The zero-order valence-corrected chi connectivity index (χ0v) is 14.0. The summed E-state index contributed by atoms with van der Waals surface area (Å²) in [4.78, 5) is 23.4. The molecule has 0 atom stereocenters. The Morgan fingerprint density at radius 3 is 2.76 bits per heavy atom. The molecule has 0 unspecified atom stereocenters. The van der Waals surface area contributed by atoms with Gasteiger partial charge in [0.05, 0.1) is 25.1 Å². The molecule has 128 valence electrons. The highest BCUT2D eigenvalue weighted by atomic mass is 16.5. The lowest BCUT2D eigenvalue weighted by molar-refractivity contribution is 0.102. The minimum absolute atomic E-state index is 0.246. The quantitative estimate of drug-likeness (QED) is 0.793. The number of carbonyl (C=O) groups excluding carboxylic acids is 1. The number of anilines is 2. The van der Waals surface area contributed by atoms with Gasteiger partial charge in [0.25, 0.3) is 5.91 Å². The molecule has 1 saturated heterocycles. The number of aromatic nitrogens is 3. The number of ether oxygens (including phenoxy) is 1. The molecule has 7 nitrogen and oxygen atoms in total. The van der Waals surface area contributed by atoms with E-state index in [-0.39, 0.29) is 5.91 Å². The van der Waals surface area contributed by atoms with Gasteiger partial charge in [-0.05, 0) is 31.2 Å². The van der Waals surface area contributed by atoms with Crippen molar-refractivity contribution >= 4 is 23.1 Å². The number of nitrogens with zero attached hydrogens (tertiary/aromatic N) is 4. The molecule has 3 aromatic heterocycles. The van der Waals surface area contributed by atoms with E-state index in [9.17, 15) is 4.79 Å². The molecule has 0 saturated carbocycles. The van der Waals surface area contributed by atoms with Crippen LogP contribution in [-0.2, 0) is 4.74 Å². The van der Waals surface area contributed by atoms with Gasteiger partial charge >= 0.3 is 0 Å². The lowest BCUT2D eigenvalue weighted by Crippen LogP contribution is -2.36. The number of nitrogens with one attached hydrogen (secondary N) is 1. The van der Waals surface area contributed by atoms with Gasteiger partial charge in [0.2, 0.25) is 0 Å². The minimum atomic E-state index is -0.246. The molecule has 1 aliphatic heterocycles. The first-order valence-corrected chi connectivity index (χ1v) is 8.25. The molecule has 4 heterocycles. The summed E-state index contributed by atoms with van der Waals surface area (Å²) in [7, 11) is 0. The Morgan fingerprint density at radius 2 is 2.04 bits per heavy atom. The van der Waals surface area contributed by atoms with Gasteiger partial charge < -0.3 is 19.4 Å². The summed E-state index contributed by atoms with van der Waals surface area (Å²) in [5.41, 5.74) is 2.81. The Kier molecular flexibility index (Phi) is 4.07. The van der Waals surface area contributed by atoms with E-state index < -0.39 is 0 Å². The van der Waals surface area contributed by atoms with E-state index in [2.05, 4.69) is 20.2 Å². The Balaban J connectivity index is 1.49. The van der Waals surface area contributed by atoms with Crippen LogP contribution in [0.15, 0.2) is 42.7 Å². The molecule has 1 fully saturated rings. The first-order valence-electron chi connectivity index (χ1n) is 8.25. The minimum Gasteiger partial charge on any atom is -0.378 e. The number of imidazole rings is 1. The third kappa shape index (κ3) is 3.18. The summed E-state index contributed by atoms with van der Waals surface area (Å²) in [5.74, 6) is 0.647. The van der Waals surface area contributed by atoms with Crippen LogP contribution in [0.2, 0.25) is 0 Å². The smallest absolute Gasteiger partial charge is 0.275 e. The average molecular weight is 337 g/mol. The van der Waals surface area contributed by atoms with Gasteiger partial charge in [-0.25, -0.2) is 9.97 Å². The van der Waals surface area contributed by atoms with Gasteiger partial charge in [-0.15, -0.1) is 0 Å². The fourth-order valence-corrected chi connectivity index (χ4v) is 2.89. The third-order valence-electron chi connectivity index (χ3n) is 4.27. The molecule has 0 aliphatic carbocycles. The summed E-state index contributed by atoms with van der Waals surface area (Å²) >= 11 is 0. The van der Waals surface area contributed by atoms with Crippen LogP contribution >= 0.6 is 0 Å². The largest absolute Gasteiger partial charge is 0.378 e. The van der Waals surface area contributed by atoms with Crippen LogP contribution in [0.3, 0.4) is 0 Å². The van der Waals surface area contributed by atoms with Crippen molar-refractivity contribution in [1.29, 1.82) is 0 Å². The number of hydrogen-bond acceptors (Lipinski definition) is 5. The number of hydrogen-bond donors (Lipinski definition) is 1. The first-order chi connectivity index (χ1) is 12.2. The molecule has 3 aromatic rings. The van der Waals surface area contributed by atoms with Crippen LogP contribution in [0.4, 0.5) is 11.5 Å². The SMILES string of the molecule is Cc1cccc2nc(C(=O)Nc3ccc(N4CCOCC4)nc3)cn12. The molecule has 1 N–H and O–H groups in total. The standard InChI is InChI=1S/C18H19N5O2/c1-13-3-2-4-17-21-15(12-23(13)17)18(24)20-14-5-6-16(19-11-14)22-7-9-25-10-8-22/h2-6,11-12H,7-10H2,1H3,(H,20,24). The fraction of sp³-hybridized carbons (Fsp3) is 0.278. The monoisotopic (exact) mass is 337 g/mol. The molecule has 1 amide bonds. The summed E-state index contributed by atoms with van der Waals surface area (Å²) in [5, 5.41) is 2.85. The second kappa shape index (κ2) is 6.52. The first kappa shape index (κ1) is 15.6. The molecule has 0 aromatic carbocycles. The predicted octanol–water partition coefficient (Wildman–Crippen LogP) is 2.13. The molecule has 1 aliphatic rings. The van der Waals surface area contributed by atoms with E-state index in [4.69, 9.17) is 4.74 Å². The lowest BCUT2D eigenvalue weighted by atomic mass is 10.3. The summed E-state index contributed by atoms with van der Waals surface area (Å²) in [6.45, 7) is 5.07. The predicted molar refractivity (Wildman–Crippen MR) is 95.2 cm³/mol. The van der Waals surface area contributed by atoms with Gasteiger partial charge in [-0.2, -0.15) is 0 Å². The van der Waals surface area contributed by atoms with Gasteiger partial charge in [0.15, 0.2) is 0 Å². The molecular formula is C18H19N5O2. The van der Waals surface area contributed by atoms with E-state index in [0.717, 1.165) is 30.2 Å². The zero-order chi connectivity index (χ0) is 17.2. The van der Waals surface area contributed by atoms with Gasteiger partial charge in [0.1, 0.15) is 17.2 Å². The number of rotatable bonds is 3. The van der Waals surface area contributed by atoms with Crippen LogP contribution in [0.5, 0.6) is 0 Å². The number of fused-ring (bicyclic) bond motifs is 1. The molecule has 0 spiro atoms. The Morgan fingerprint density at radius 1 is 1.20 bits per heavy atom. The van der Waals surface area contributed by atoms with Crippen molar-refractivity contribution in [2.24, 2.45) is 0 Å². The maximum atomic E-state index is 12.4. The molecule has 25 heavy (non-hydrogen) atoms. The fourth-order valence-electron chi connectivity index (χ4n) is 2.89. The number of carbonyl (C=O) groups is 1. The second-order valence-corrected chi connectivity index (χ2v) is 5.98. The Hall–Kier alpha value is -2.93. The summed E-state index contributed by atoms with van der Waals surface area (Å²) < 4.78 is 7.24. The third-order valence-corrected chi connectivity index (χ3v) is 4.27. The Bertz CT molecular complexity index is 897. The van der Waals surface area contributed by atoms with Crippen molar-refractivity contribution in [2.45, 2.75) is 6.92 Å². The van der Waals surface area contributed by atoms with Crippen molar-refractivity contribution in [3.63, 3.8) is 0 Å². The van der Waals surface area contributed by atoms with Crippen molar-refractivity contribution < 1.29 is 9.53 Å². The van der Waals surface area contributed by atoms with Gasteiger partial charge in [-0.1, -0.05) is 6.07 Å². The maximum absolute atomic E-state index is 12.4. The molecule has 4 rings (SSSR count). The summed E-state index contributed by atoms with van der Waals surface area (Å²) in [6.07, 6.45) is 3.42. The topological polar surface area (TPSA) is 71.8 Å². The molecular weight excluding hydrogens is 318 g/mol. The van der Waals surface area contributed by atoms with Crippen LogP contribution in [0, 0.1) is 6.92 Å². The van der Waals surface area contributed by atoms with Crippen LogP contribution in [0.25, 0.3) is 5.65 Å². The van der Waals surface area contributed by atoms with Crippen molar-refractivity contribution in [3.8, 4) is 0 Å². The lowest BCUT2D eigenvalue weighted by Gasteiger charge is -2.27. The molecule has 0 bridgehead atoms.